The molecule has 1 heterocycles. The van der Waals surface area contributed by atoms with Gasteiger partial charge in [0.05, 0.1) is 7.11 Å². The van der Waals surface area contributed by atoms with Crippen molar-refractivity contribution in [3.63, 3.8) is 0 Å². The standard InChI is InChI=1S/C17H22N2O2/c1-12-9-14(10-15(11-18)17(20)21-3)13(2)19(12)16-7-5-4-6-8-16/h9-10,16H,4-8H2,1-3H3/b15-10+. The number of nitrogens with zero attached hydrogens (tertiary/aromatic N) is 2. The molecule has 1 aliphatic rings. The molecule has 0 N–H and O–H groups in total. The van der Waals surface area contributed by atoms with E-state index in [1.807, 2.05) is 12.1 Å². The van der Waals surface area contributed by atoms with E-state index in [9.17, 15) is 4.79 Å². The molecule has 0 aromatic carbocycles. The average Bonchev–Trinajstić information content (AvgIpc) is 2.79. The minimum Gasteiger partial charge on any atom is -0.465 e. The molecule has 2 rings (SSSR count). The van der Waals surface area contributed by atoms with Crippen LogP contribution in [0.5, 0.6) is 0 Å². The Balaban J connectivity index is 2.37. The summed E-state index contributed by atoms with van der Waals surface area (Å²) in [5, 5.41) is 9.08. The Kier molecular flexibility index (Phi) is 4.85. The number of carbonyl (C=O) groups is 1. The maximum atomic E-state index is 11.5. The molecule has 0 aliphatic heterocycles. The van der Waals surface area contributed by atoms with E-state index in [4.69, 9.17) is 5.26 Å². The lowest BCUT2D eigenvalue weighted by Crippen LogP contribution is -2.15. The molecule has 0 spiro atoms. The fourth-order valence-corrected chi connectivity index (χ4v) is 3.25. The number of ether oxygens (including phenoxy) is 1. The van der Waals surface area contributed by atoms with Crippen LogP contribution in [0, 0.1) is 25.2 Å². The molecule has 0 atom stereocenters. The predicted molar refractivity (Wildman–Crippen MR) is 81.6 cm³/mol. The van der Waals surface area contributed by atoms with Crippen molar-refractivity contribution in [2.24, 2.45) is 0 Å². The Morgan fingerprint density at radius 3 is 2.62 bits per heavy atom. The molecule has 0 radical (unpaired) electrons. The Hall–Kier alpha value is -2.02. The van der Waals surface area contributed by atoms with Crippen LogP contribution < -0.4 is 0 Å². The second kappa shape index (κ2) is 6.62. The minimum absolute atomic E-state index is 0.0430. The lowest BCUT2D eigenvalue weighted by Gasteiger charge is -2.26. The quantitative estimate of drug-likeness (QED) is 0.484. The number of hydrogen-bond acceptors (Lipinski definition) is 3. The molecule has 0 unspecified atom stereocenters. The molecule has 0 saturated heterocycles. The van der Waals surface area contributed by atoms with Crippen LogP contribution in [0.3, 0.4) is 0 Å². The smallest absolute Gasteiger partial charge is 0.348 e. The van der Waals surface area contributed by atoms with Crippen LogP contribution in [0.2, 0.25) is 0 Å². The third-order valence-electron chi connectivity index (χ3n) is 4.29. The summed E-state index contributed by atoms with van der Waals surface area (Å²) < 4.78 is 6.99. The Morgan fingerprint density at radius 1 is 1.38 bits per heavy atom. The summed E-state index contributed by atoms with van der Waals surface area (Å²) in [5.41, 5.74) is 3.28. The number of methoxy groups -OCH3 is 1. The van der Waals surface area contributed by atoms with Crippen LogP contribution in [-0.2, 0) is 9.53 Å². The Morgan fingerprint density at radius 2 is 2.05 bits per heavy atom. The molecule has 1 aromatic rings. The first-order valence-corrected chi connectivity index (χ1v) is 7.47. The average molecular weight is 286 g/mol. The van der Waals surface area contributed by atoms with E-state index in [1.54, 1.807) is 6.08 Å². The van der Waals surface area contributed by atoms with Gasteiger partial charge in [0.15, 0.2) is 0 Å². The molecule has 1 aromatic heterocycles. The van der Waals surface area contributed by atoms with Gasteiger partial charge < -0.3 is 9.30 Å². The van der Waals surface area contributed by atoms with Crippen LogP contribution in [0.15, 0.2) is 11.6 Å². The molecule has 21 heavy (non-hydrogen) atoms. The van der Waals surface area contributed by atoms with Crippen LogP contribution in [0.4, 0.5) is 0 Å². The largest absolute Gasteiger partial charge is 0.465 e. The molecule has 1 saturated carbocycles. The molecule has 112 valence electrons. The van der Waals surface area contributed by atoms with E-state index in [2.05, 4.69) is 23.2 Å². The first kappa shape index (κ1) is 15.4. The molecular weight excluding hydrogens is 264 g/mol. The molecule has 1 aliphatic carbocycles. The normalized spacial score (nSPS) is 16.6. The fraction of sp³-hybridized carbons (Fsp3) is 0.529. The first-order valence-electron chi connectivity index (χ1n) is 7.47. The highest BCUT2D eigenvalue weighted by molar-refractivity contribution is 5.97. The molecular formula is C17H22N2O2. The van der Waals surface area contributed by atoms with Gasteiger partial charge in [0, 0.05) is 17.4 Å². The Bertz CT molecular complexity index is 599. The summed E-state index contributed by atoms with van der Waals surface area (Å²) in [6, 6.07) is 4.51. The second-order valence-electron chi connectivity index (χ2n) is 5.65. The summed E-state index contributed by atoms with van der Waals surface area (Å²) in [6.45, 7) is 4.14. The van der Waals surface area contributed by atoms with Gasteiger partial charge >= 0.3 is 5.97 Å². The maximum Gasteiger partial charge on any atom is 0.348 e. The van der Waals surface area contributed by atoms with Gasteiger partial charge in [0.2, 0.25) is 0 Å². The van der Waals surface area contributed by atoms with Gasteiger partial charge in [-0.2, -0.15) is 5.26 Å². The molecule has 0 amide bonds. The molecule has 0 bridgehead atoms. The second-order valence-corrected chi connectivity index (χ2v) is 5.65. The monoisotopic (exact) mass is 286 g/mol. The van der Waals surface area contributed by atoms with Crippen molar-refractivity contribution in [1.82, 2.24) is 4.57 Å². The molecule has 1 fully saturated rings. The number of nitriles is 1. The van der Waals surface area contributed by atoms with Crippen molar-refractivity contribution in [1.29, 1.82) is 5.26 Å². The van der Waals surface area contributed by atoms with Crippen LogP contribution in [0.25, 0.3) is 6.08 Å². The highest BCUT2D eigenvalue weighted by Crippen LogP contribution is 2.32. The van der Waals surface area contributed by atoms with Gasteiger partial charge in [-0.3, -0.25) is 0 Å². The van der Waals surface area contributed by atoms with Crippen LogP contribution in [0.1, 0.15) is 55.1 Å². The number of esters is 1. The van der Waals surface area contributed by atoms with Gasteiger partial charge in [-0.25, -0.2) is 4.79 Å². The lowest BCUT2D eigenvalue weighted by atomic mass is 9.95. The summed E-state index contributed by atoms with van der Waals surface area (Å²) in [6.07, 6.45) is 7.93. The third-order valence-corrected chi connectivity index (χ3v) is 4.29. The zero-order valence-electron chi connectivity index (χ0n) is 13.0. The summed E-state index contributed by atoms with van der Waals surface area (Å²) >= 11 is 0. The summed E-state index contributed by atoms with van der Waals surface area (Å²) in [5.74, 6) is -0.583. The number of aromatic nitrogens is 1. The third kappa shape index (κ3) is 3.18. The van der Waals surface area contributed by atoms with Gasteiger partial charge in [-0.05, 0) is 44.4 Å². The van der Waals surface area contributed by atoms with E-state index in [0.717, 1.165) is 11.3 Å². The van der Waals surface area contributed by atoms with Crippen LogP contribution in [-0.4, -0.2) is 17.6 Å². The van der Waals surface area contributed by atoms with Crippen molar-refractivity contribution in [2.75, 3.05) is 7.11 Å². The van der Waals surface area contributed by atoms with Gasteiger partial charge in [0.25, 0.3) is 0 Å². The number of hydrogen-bond donors (Lipinski definition) is 0. The maximum absolute atomic E-state index is 11.5. The van der Waals surface area contributed by atoms with E-state index in [1.165, 1.54) is 44.9 Å². The minimum atomic E-state index is -0.583. The lowest BCUT2D eigenvalue weighted by molar-refractivity contribution is -0.135. The number of carbonyl (C=O) groups excluding carboxylic acids is 1. The van der Waals surface area contributed by atoms with Crippen molar-refractivity contribution in [3.8, 4) is 6.07 Å². The summed E-state index contributed by atoms with van der Waals surface area (Å²) in [7, 11) is 1.29. The first-order chi connectivity index (χ1) is 10.1. The van der Waals surface area contributed by atoms with Crippen molar-refractivity contribution < 1.29 is 9.53 Å². The molecule has 4 nitrogen and oxygen atoms in total. The number of rotatable bonds is 3. The van der Waals surface area contributed by atoms with E-state index in [-0.39, 0.29) is 5.57 Å². The number of aryl methyl sites for hydroxylation is 1. The molecule has 4 heteroatoms. The van der Waals surface area contributed by atoms with Crippen molar-refractivity contribution in [3.05, 3.63) is 28.6 Å². The SMILES string of the molecule is COC(=O)/C(C#N)=C/c1cc(C)n(C2CCCCC2)c1C. The topological polar surface area (TPSA) is 55.0 Å². The highest BCUT2D eigenvalue weighted by atomic mass is 16.5. The zero-order valence-corrected chi connectivity index (χ0v) is 13.0. The summed E-state index contributed by atoms with van der Waals surface area (Å²) in [4.78, 5) is 11.5. The van der Waals surface area contributed by atoms with Crippen molar-refractivity contribution in [2.45, 2.75) is 52.0 Å². The predicted octanol–water partition coefficient (Wildman–Crippen LogP) is 3.69. The van der Waals surface area contributed by atoms with E-state index in [0.29, 0.717) is 6.04 Å². The van der Waals surface area contributed by atoms with E-state index >= 15 is 0 Å². The van der Waals surface area contributed by atoms with Gasteiger partial charge in [-0.1, -0.05) is 19.3 Å². The van der Waals surface area contributed by atoms with E-state index < -0.39 is 5.97 Å². The Labute approximate surface area is 126 Å². The van der Waals surface area contributed by atoms with Crippen LogP contribution >= 0.6 is 0 Å². The fourth-order valence-electron chi connectivity index (χ4n) is 3.25. The zero-order chi connectivity index (χ0) is 15.4. The van der Waals surface area contributed by atoms with Crippen molar-refractivity contribution >= 4 is 12.0 Å². The highest BCUT2D eigenvalue weighted by Gasteiger charge is 2.20. The van der Waals surface area contributed by atoms with Gasteiger partial charge in [0.1, 0.15) is 11.6 Å². The van der Waals surface area contributed by atoms with Gasteiger partial charge in [-0.15, -0.1) is 0 Å².